The van der Waals surface area contributed by atoms with Gasteiger partial charge in [0, 0.05) is 12.2 Å². The van der Waals surface area contributed by atoms with Crippen LogP contribution in [0.15, 0.2) is 23.2 Å². The van der Waals surface area contributed by atoms with Gasteiger partial charge in [0.2, 0.25) is 5.91 Å². The lowest BCUT2D eigenvalue weighted by molar-refractivity contribution is -0.137. The fourth-order valence-electron chi connectivity index (χ4n) is 2.69. The number of carbonyl (C=O) groups excluding carboxylic acids is 2. The molecule has 0 saturated carbocycles. The molecule has 0 aromatic heterocycles. The number of anilines is 1. The maximum atomic E-state index is 13.2. The van der Waals surface area contributed by atoms with Crippen molar-refractivity contribution in [2.75, 3.05) is 11.4 Å². The molecule has 0 radical (unpaired) electrons. The van der Waals surface area contributed by atoms with E-state index in [0.717, 1.165) is 12.1 Å². The molecule has 0 spiro atoms. The molecule has 10 heteroatoms. The van der Waals surface area contributed by atoms with Gasteiger partial charge in [-0.15, -0.1) is 0 Å². The predicted octanol–water partition coefficient (Wildman–Crippen LogP) is 1.21. The number of halogens is 3. The molecule has 1 fully saturated rings. The zero-order valence-corrected chi connectivity index (χ0v) is 12.5. The summed E-state index contributed by atoms with van der Waals surface area (Å²) in [6, 6.07) is 2.37. The fraction of sp³-hybridized carbons (Fsp3) is 0.400. The van der Waals surface area contributed by atoms with Gasteiger partial charge in [-0.05, 0) is 31.0 Å². The van der Waals surface area contributed by atoms with Crippen molar-refractivity contribution in [1.29, 1.82) is 0 Å². The summed E-state index contributed by atoms with van der Waals surface area (Å²) in [7, 11) is 0. The molecule has 1 heterocycles. The molecule has 1 aliphatic heterocycles. The Morgan fingerprint density at radius 3 is 2.36 bits per heavy atom. The summed E-state index contributed by atoms with van der Waals surface area (Å²) in [4.78, 5) is 28.1. The first-order valence-electron chi connectivity index (χ1n) is 7.02. The second-order valence-corrected chi connectivity index (χ2v) is 5.32. The lowest BCUT2D eigenvalue weighted by Crippen LogP contribution is -2.37. The molecular formula is C15H20F3N5O2. The zero-order chi connectivity index (χ0) is 18.1. The number of benzene rings is 1. The number of amides is 2. The highest BCUT2D eigenvalue weighted by atomic mass is 19.4. The Kier molecular flexibility index (Phi) is 6.01. The number of hydrogen-bond acceptors (Lipinski definition) is 3. The molecule has 1 aromatic carbocycles. The van der Waals surface area contributed by atoms with Crippen LogP contribution in [0.4, 0.5) is 18.9 Å². The largest absolute Gasteiger partial charge is 0.417 e. The average Bonchev–Trinajstić information content (AvgIpc) is 2.94. The highest BCUT2D eigenvalue weighted by molar-refractivity contribution is 5.97. The molecule has 1 atom stereocenters. The van der Waals surface area contributed by atoms with Crippen molar-refractivity contribution in [1.82, 2.24) is 0 Å². The van der Waals surface area contributed by atoms with Crippen molar-refractivity contribution in [3.05, 3.63) is 29.3 Å². The average molecular weight is 359 g/mol. The van der Waals surface area contributed by atoms with Crippen LogP contribution in [0.5, 0.6) is 0 Å². The zero-order valence-electron chi connectivity index (χ0n) is 12.5. The van der Waals surface area contributed by atoms with Crippen molar-refractivity contribution in [3.8, 4) is 0 Å². The Labute approximate surface area is 142 Å². The minimum Gasteiger partial charge on any atom is -0.370 e. The van der Waals surface area contributed by atoms with Gasteiger partial charge in [-0.1, -0.05) is 7.43 Å². The van der Waals surface area contributed by atoms with Gasteiger partial charge in [0.15, 0.2) is 5.96 Å². The van der Waals surface area contributed by atoms with Crippen LogP contribution in [0.25, 0.3) is 0 Å². The number of nitrogens with zero attached hydrogens (tertiary/aromatic N) is 2. The summed E-state index contributed by atoms with van der Waals surface area (Å²) in [6.45, 7) is 0.365. The van der Waals surface area contributed by atoms with Crippen LogP contribution in [0.1, 0.15) is 36.2 Å². The number of nitrogens with two attached hydrogens (primary N) is 3. The monoisotopic (exact) mass is 359 g/mol. The van der Waals surface area contributed by atoms with Crippen molar-refractivity contribution in [2.45, 2.75) is 32.5 Å². The predicted molar refractivity (Wildman–Crippen MR) is 87.9 cm³/mol. The third-order valence-electron chi connectivity index (χ3n) is 3.68. The van der Waals surface area contributed by atoms with Gasteiger partial charge in [0.05, 0.1) is 11.1 Å². The summed E-state index contributed by atoms with van der Waals surface area (Å²) < 4.78 is 39.5. The van der Waals surface area contributed by atoms with E-state index in [1.54, 1.807) is 0 Å². The fourth-order valence-corrected chi connectivity index (χ4v) is 2.69. The molecule has 1 aliphatic rings. The molecule has 1 aromatic rings. The molecule has 1 saturated heterocycles. The normalized spacial score (nSPS) is 16.9. The number of primary amides is 1. The van der Waals surface area contributed by atoms with Crippen LogP contribution in [0, 0.1) is 0 Å². The van der Waals surface area contributed by atoms with Gasteiger partial charge in [-0.3, -0.25) is 9.59 Å². The number of alkyl halides is 3. The van der Waals surface area contributed by atoms with Crippen LogP contribution in [-0.4, -0.2) is 30.4 Å². The number of carbonyl (C=O) groups is 2. The Morgan fingerprint density at radius 1 is 1.20 bits per heavy atom. The van der Waals surface area contributed by atoms with Crippen LogP contribution >= 0.6 is 0 Å². The van der Waals surface area contributed by atoms with Gasteiger partial charge in [-0.25, -0.2) is 0 Å². The Hall–Kier alpha value is -2.78. The number of guanidine groups is 1. The molecule has 6 N–H and O–H groups in total. The van der Waals surface area contributed by atoms with Crippen molar-refractivity contribution in [3.63, 3.8) is 0 Å². The first kappa shape index (κ1) is 20.3. The van der Waals surface area contributed by atoms with Gasteiger partial charge in [0.25, 0.3) is 5.91 Å². The minimum atomic E-state index is -4.75. The molecule has 2 amide bonds. The van der Waals surface area contributed by atoms with Crippen LogP contribution in [-0.2, 0) is 11.0 Å². The quantitative estimate of drug-likeness (QED) is 0.552. The first-order valence-corrected chi connectivity index (χ1v) is 7.02. The number of hydrogen-bond donors (Lipinski definition) is 3. The summed E-state index contributed by atoms with van der Waals surface area (Å²) in [5.41, 5.74) is 13.7. The number of rotatable bonds is 3. The molecule has 25 heavy (non-hydrogen) atoms. The van der Waals surface area contributed by atoms with Crippen LogP contribution in [0.2, 0.25) is 0 Å². The summed E-state index contributed by atoms with van der Waals surface area (Å²) in [6.07, 6.45) is -3.75. The van der Waals surface area contributed by atoms with Gasteiger partial charge in [-0.2, -0.15) is 18.2 Å². The van der Waals surface area contributed by atoms with Gasteiger partial charge >= 0.3 is 6.18 Å². The molecule has 2 rings (SSSR count). The maximum absolute atomic E-state index is 13.2. The highest BCUT2D eigenvalue weighted by Gasteiger charge is 2.37. The smallest absolute Gasteiger partial charge is 0.370 e. The summed E-state index contributed by atoms with van der Waals surface area (Å²) in [5, 5.41) is 0. The summed E-state index contributed by atoms with van der Waals surface area (Å²) >= 11 is 0. The maximum Gasteiger partial charge on any atom is 0.417 e. The van der Waals surface area contributed by atoms with E-state index in [-0.39, 0.29) is 13.1 Å². The topological polar surface area (TPSA) is 128 Å². The highest BCUT2D eigenvalue weighted by Crippen LogP contribution is 2.36. The lowest BCUT2D eigenvalue weighted by atomic mass is 10.0. The summed E-state index contributed by atoms with van der Waals surface area (Å²) in [5.74, 6) is -2.21. The van der Waals surface area contributed by atoms with Crippen molar-refractivity contribution in [2.24, 2.45) is 22.2 Å². The molecule has 138 valence electrons. The van der Waals surface area contributed by atoms with E-state index in [0.29, 0.717) is 19.4 Å². The van der Waals surface area contributed by atoms with Gasteiger partial charge in [0.1, 0.15) is 6.04 Å². The molecule has 0 aliphatic carbocycles. The Balaban J connectivity index is 0.00000312. The minimum absolute atomic E-state index is 0. The van der Waals surface area contributed by atoms with Crippen molar-refractivity contribution < 1.29 is 22.8 Å². The Bertz CT molecular complexity index is 699. The van der Waals surface area contributed by atoms with E-state index in [4.69, 9.17) is 17.2 Å². The van der Waals surface area contributed by atoms with Gasteiger partial charge < -0.3 is 22.1 Å². The second-order valence-electron chi connectivity index (χ2n) is 5.32. The lowest BCUT2D eigenvalue weighted by Gasteiger charge is -2.25. The van der Waals surface area contributed by atoms with E-state index in [1.165, 1.54) is 11.0 Å². The SMILES string of the molecule is C.NC(=O)c1ccc(N2CCCC2C(=O)N=C(N)N)cc1C(F)(F)F. The Morgan fingerprint density at radius 2 is 1.84 bits per heavy atom. The number of aliphatic imine (C=N–C) groups is 1. The van der Waals surface area contributed by atoms with Crippen LogP contribution in [0.3, 0.4) is 0 Å². The van der Waals surface area contributed by atoms with Crippen molar-refractivity contribution >= 4 is 23.5 Å². The van der Waals surface area contributed by atoms with E-state index in [1.807, 2.05) is 0 Å². The molecule has 7 nitrogen and oxygen atoms in total. The first-order chi connectivity index (χ1) is 11.1. The molecule has 0 bridgehead atoms. The van der Waals surface area contributed by atoms with E-state index < -0.39 is 41.1 Å². The van der Waals surface area contributed by atoms with Crippen LogP contribution < -0.4 is 22.1 Å². The van der Waals surface area contributed by atoms with E-state index >= 15 is 0 Å². The van der Waals surface area contributed by atoms with E-state index in [2.05, 4.69) is 4.99 Å². The van der Waals surface area contributed by atoms with E-state index in [9.17, 15) is 22.8 Å². The molecule has 1 unspecified atom stereocenters. The molecular weight excluding hydrogens is 339 g/mol. The third kappa shape index (κ3) is 4.40. The second kappa shape index (κ2) is 7.41. The third-order valence-corrected chi connectivity index (χ3v) is 3.68. The standard InChI is InChI=1S/C14H16F3N5O2.CH4/c15-14(16,17)9-6-7(3-4-8(9)11(18)23)22-5-1-2-10(22)12(24)21-13(19)20;/h3-4,6,10H,1-2,5H2,(H2,18,23)(H4,19,20,21,24);1H4.